The average molecular weight is 1260 g/mol. The van der Waals surface area contributed by atoms with Crippen LogP contribution in [0.3, 0.4) is 0 Å². The van der Waals surface area contributed by atoms with Crippen molar-refractivity contribution in [2.24, 2.45) is 0 Å². The Kier molecular flexibility index (Phi) is 26.6. The van der Waals surface area contributed by atoms with E-state index in [1.54, 1.807) is 11.8 Å². The number of Topliss-reactive ketones (excluding diaryl/α,β-unsaturated/α-hetero) is 2. The molecule has 6 unspecified atom stereocenters. The van der Waals surface area contributed by atoms with Gasteiger partial charge < -0.3 is 79.7 Å². The van der Waals surface area contributed by atoms with Gasteiger partial charge >= 0.3 is 12.1 Å². The Labute approximate surface area is 494 Å². The summed E-state index contributed by atoms with van der Waals surface area (Å²) < 4.78 is 24.9. The summed E-state index contributed by atoms with van der Waals surface area (Å²) in [7, 11) is 0. The normalized spacial score (nSPS) is 21.2. The number of nitrogens with zero attached hydrogens (tertiary/aromatic N) is 2. The maximum atomic E-state index is 13.1. The first-order valence-electron chi connectivity index (χ1n) is 28.1. The van der Waals surface area contributed by atoms with Gasteiger partial charge in [-0.05, 0) is 68.4 Å². The lowest BCUT2D eigenvalue weighted by Crippen LogP contribution is -3.00. The minimum absolute atomic E-state index is 0. The number of anilines is 1. The molecule has 0 spiro atoms. The van der Waals surface area contributed by atoms with Crippen LogP contribution in [0.4, 0.5) is 15.3 Å². The topological polar surface area (TPSA) is 219 Å². The van der Waals surface area contributed by atoms with Gasteiger partial charge in [-0.2, -0.15) is 28.1 Å². The molecule has 0 aliphatic carbocycles. The van der Waals surface area contributed by atoms with Crippen molar-refractivity contribution >= 4 is 93.4 Å². The molecule has 4 fully saturated rings. The summed E-state index contributed by atoms with van der Waals surface area (Å²) in [5.41, 5.74) is 3.21. The number of ketones is 2. The fourth-order valence-electron chi connectivity index (χ4n) is 10.5. The zero-order valence-corrected chi connectivity index (χ0v) is 49.8. The fourth-order valence-corrected chi connectivity index (χ4v) is 14.7. The summed E-state index contributed by atoms with van der Waals surface area (Å²) in [6, 6.07) is 19.4. The monoisotopic (exact) mass is 1260 g/mol. The first kappa shape index (κ1) is 62.4. The molecule has 0 bridgehead atoms. The number of urea groups is 2. The van der Waals surface area contributed by atoms with Crippen LogP contribution in [-0.4, -0.2) is 154 Å². The number of ether oxygens (including phenoxy) is 4. The quantitative estimate of drug-likeness (QED) is 0.0212. The van der Waals surface area contributed by atoms with Crippen LogP contribution in [0.25, 0.3) is 17.0 Å². The van der Waals surface area contributed by atoms with E-state index in [-0.39, 0.29) is 83.6 Å². The number of aromatic nitrogens is 1. The molecule has 1 aromatic heterocycles. The zero-order valence-electron chi connectivity index (χ0n) is 45.2. The fraction of sp³-hybridized carbons (Fsp3) is 0.596. The number of pyridine rings is 1. The van der Waals surface area contributed by atoms with Gasteiger partial charge in [-0.25, -0.2) is 9.59 Å². The van der Waals surface area contributed by atoms with Crippen molar-refractivity contribution in [3.05, 3.63) is 71.4 Å². The number of fused-ring (bicyclic) bond motifs is 4. The van der Waals surface area contributed by atoms with Crippen molar-refractivity contribution < 1.29 is 76.3 Å². The molecule has 8 rings (SSSR count). The van der Waals surface area contributed by atoms with Crippen LogP contribution in [0.2, 0.25) is 0 Å². The minimum atomic E-state index is -0.0704. The van der Waals surface area contributed by atoms with E-state index in [0.29, 0.717) is 141 Å². The van der Waals surface area contributed by atoms with E-state index in [0.717, 1.165) is 82.1 Å². The van der Waals surface area contributed by atoms with Crippen molar-refractivity contribution in [3.8, 4) is 0 Å². The van der Waals surface area contributed by atoms with E-state index in [1.807, 2.05) is 47.8 Å². The van der Waals surface area contributed by atoms with E-state index >= 15 is 0 Å². The molecule has 6 N–H and O–H groups in total. The molecule has 22 heteroatoms. The highest BCUT2D eigenvalue weighted by molar-refractivity contribution is 8.04. The Morgan fingerprint density at radius 3 is 1.76 bits per heavy atom. The summed E-state index contributed by atoms with van der Waals surface area (Å²) in [5.74, 6) is 2.32. The number of amides is 6. The highest BCUT2D eigenvalue weighted by atomic mass is 127. The highest BCUT2D eigenvalue weighted by Gasteiger charge is 2.43. The van der Waals surface area contributed by atoms with E-state index in [9.17, 15) is 28.8 Å². The summed E-state index contributed by atoms with van der Waals surface area (Å²) >= 11 is 5.50. The van der Waals surface area contributed by atoms with Gasteiger partial charge in [-0.1, -0.05) is 48.9 Å². The lowest BCUT2D eigenvalue weighted by Gasteiger charge is -2.20. The number of carbonyl (C=O) groups is 6. The predicted molar refractivity (Wildman–Crippen MR) is 307 cm³/mol. The molecule has 0 radical (unpaired) electrons. The Morgan fingerprint density at radius 1 is 0.608 bits per heavy atom. The van der Waals surface area contributed by atoms with Gasteiger partial charge in [0.1, 0.15) is 11.6 Å². The Balaban J connectivity index is 0.00000903. The molecule has 3 aromatic rings. The Bertz CT molecular complexity index is 2530. The standard InChI is InChI=1S/C57H78N8O10S3.HI/c66-41(11-9-29-72-33-35-74-31-24-58-51(68)19-7-5-17-49-54-44(38-76-49)60-56(70)62-54)22-27-64-26-21-40(43-13-1-2-14-46(43)64)37-53-65(47-15-3-4-16-48(47)78-53)28-23-42(67)12-10-30-73-34-36-75-32-25-59-52(69)20-8-6-18-50-55-45(39-77-50)61-57(71)63-55;/h1-4,13-16,21,26,37,44-45,49-50,54-55H,5-12,17-20,22-25,27-36,38-39H2,(H5-,58,59,60,61,62,63,68,69,70,71);1H. The molecular weight excluding hydrogens is 1180 g/mol. The molecule has 79 heavy (non-hydrogen) atoms. The van der Waals surface area contributed by atoms with Crippen LogP contribution in [-0.2, 0) is 44.7 Å². The minimum Gasteiger partial charge on any atom is -1.00 e. The van der Waals surface area contributed by atoms with Crippen LogP contribution in [0, 0.1) is 0 Å². The predicted octanol–water partition coefficient (Wildman–Crippen LogP) is 3.27. The summed E-state index contributed by atoms with van der Waals surface area (Å²) in [6.45, 7) is 5.52. The van der Waals surface area contributed by atoms with Crippen LogP contribution < -0.4 is 65.3 Å². The second kappa shape index (κ2) is 33.7. The van der Waals surface area contributed by atoms with Crippen LogP contribution in [0.1, 0.15) is 95.5 Å². The molecule has 432 valence electrons. The van der Waals surface area contributed by atoms with E-state index in [2.05, 4.69) is 84.0 Å². The van der Waals surface area contributed by atoms with Gasteiger partial charge in [0.15, 0.2) is 12.7 Å². The smallest absolute Gasteiger partial charge is 0.315 e. The maximum absolute atomic E-state index is 13.1. The van der Waals surface area contributed by atoms with Crippen molar-refractivity contribution in [3.63, 3.8) is 0 Å². The second-order valence-corrected chi connectivity index (χ2v) is 24.0. The number of para-hydroxylation sites is 2. The number of nitrogens with one attached hydrogen (secondary N) is 6. The third-order valence-corrected chi connectivity index (χ3v) is 18.8. The molecule has 18 nitrogen and oxygen atoms in total. The number of unbranched alkanes of at least 4 members (excludes halogenated alkanes) is 2. The number of hydrogen-bond acceptors (Lipinski definition) is 14. The second-order valence-electron chi connectivity index (χ2n) is 20.4. The number of rotatable bonds is 37. The molecule has 5 aliphatic heterocycles. The lowest BCUT2D eigenvalue weighted by molar-refractivity contribution is -0.670. The van der Waals surface area contributed by atoms with Crippen molar-refractivity contribution in [2.75, 3.05) is 88.9 Å². The highest BCUT2D eigenvalue weighted by Crippen LogP contribution is 2.47. The molecular formula is C57H79IN8O10S3. The van der Waals surface area contributed by atoms with Crippen LogP contribution in [0.5, 0.6) is 0 Å². The van der Waals surface area contributed by atoms with Gasteiger partial charge in [-0.15, -0.1) is 0 Å². The average Bonchev–Trinajstić information content (AvgIpc) is 4.44. The third kappa shape index (κ3) is 19.8. The number of benzene rings is 2. The van der Waals surface area contributed by atoms with E-state index in [1.165, 1.54) is 0 Å². The van der Waals surface area contributed by atoms with Crippen molar-refractivity contribution in [2.45, 2.75) is 136 Å². The summed E-state index contributed by atoms with van der Waals surface area (Å²) in [6.07, 6.45) is 13.8. The van der Waals surface area contributed by atoms with Gasteiger partial charge in [0.2, 0.25) is 17.3 Å². The first-order valence-corrected chi connectivity index (χ1v) is 31.0. The van der Waals surface area contributed by atoms with Gasteiger partial charge in [0, 0.05) is 104 Å². The Hall–Kier alpha value is -4.17. The molecule has 0 saturated carbocycles. The lowest BCUT2D eigenvalue weighted by atomic mass is 10.0. The number of aryl methyl sites for hydroxylation is 1. The number of carbonyl (C=O) groups excluding carboxylic acids is 6. The summed E-state index contributed by atoms with van der Waals surface area (Å²) in [4.78, 5) is 77.2. The molecule has 2 aromatic carbocycles. The molecule has 6 heterocycles. The van der Waals surface area contributed by atoms with E-state index in [4.69, 9.17) is 18.9 Å². The summed E-state index contributed by atoms with van der Waals surface area (Å²) in [5, 5.41) is 20.8. The van der Waals surface area contributed by atoms with Gasteiger partial charge in [0.05, 0.1) is 86.3 Å². The molecule has 6 atom stereocenters. The van der Waals surface area contributed by atoms with E-state index < -0.39 is 0 Å². The maximum Gasteiger partial charge on any atom is 0.315 e. The molecule has 6 amide bonds. The van der Waals surface area contributed by atoms with Crippen molar-refractivity contribution in [1.29, 1.82) is 0 Å². The third-order valence-electron chi connectivity index (χ3n) is 14.7. The Morgan fingerprint density at radius 2 is 1.15 bits per heavy atom. The number of hydrogen-bond donors (Lipinski definition) is 6. The van der Waals surface area contributed by atoms with Crippen molar-refractivity contribution in [1.82, 2.24) is 31.9 Å². The van der Waals surface area contributed by atoms with Gasteiger partial charge in [-0.3, -0.25) is 19.2 Å². The van der Waals surface area contributed by atoms with Crippen LogP contribution in [0.15, 0.2) is 70.7 Å². The number of thioether (sulfide) groups is 3. The first-order chi connectivity index (χ1) is 38.2. The van der Waals surface area contributed by atoms with Crippen LogP contribution >= 0.6 is 35.3 Å². The molecule has 5 aliphatic rings. The molecule has 4 saturated heterocycles. The largest absolute Gasteiger partial charge is 1.00 e. The SMILES string of the molecule is O=C(CCCOCCOCCNC(=O)CCCCC1SCC2NC(=O)NC21)CCN1C(=Cc2cc[n+](CCC(=O)CCCOCCOCCNC(=O)CCCCC3SCC4NC(=O)NC43)c3ccccc23)Sc2ccccc21.[I-]. The number of halogens is 1. The van der Waals surface area contributed by atoms with Gasteiger partial charge in [0.25, 0.3) is 0 Å². The zero-order chi connectivity index (χ0) is 54.3.